The SMILES string of the molecule is C=CCCCCCC(O)c1cncn1C. The Bertz CT molecular complexity index is 294. The van der Waals surface area contributed by atoms with E-state index in [0.29, 0.717) is 0 Å². The number of allylic oxidation sites excluding steroid dienone is 1. The summed E-state index contributed by atoms with van der Waals surface area (Å²) >= 11 is 0. The fourth-order valence-corrected chi connectivity index (χ4v) is 1.64. The Morgan fingerprint density at radius 1 is 1.53 bits per heavy atom. The molecule has 84 valence electrons. The van der Waals surface area contributed by atoms with Crippen LogP contribution in [-0.4, -0.2) is 14.7 Å². The normalized spacial score (nSPS) is 12.7. The lowest BCUT2D eigenvalue weighted by Crippen LogP contribution is -2.03. The van der Waals surface area contributed by atoms with Crippen LogP contribution < -0.4 is 0 Å². The van der Waals surface area contributed by atoms with Crippen molar-refractivity contribution in [1.29, 1.82) is 0 Å². The predicted molar refractivity (Wildman–Crippen MR) is 61.4 cm³/mol. The molecule has 0 saturated heterocycles. The first-order valence-electron chi connectivity index (χ1n) is 5.51. The van der Waals surface area contributed by atoms with Gasteiger partial charge in [0.2, 0.25) is 0 Å². The molecule has 0 fully saturated rings. The van der Waals surface area contributed by atoms with Crippen LogP contribution in [-0.2, 0) is 7.05 Å². The van der Waals surface area contributed by atoms with Crippen molar-refractivity contribution >= 4 is 0 Å². The van der Waals surface area contributed by atoms with Crippen LogP contribution in [0.4, 0.5) is 0 Å². The van der Waals surface area contributed by atoms with E-state index >= 15 is 0 Å². The fraction of sp³-hybridized carbons (Fsp3) is 0.583. The molecule has 0 aromatic carbocycles. The third-order valence-electron chi connectivity index (χ3n) is 2.58. The van der Waals surface area contributed by atoms with E-state index in [1.54, 1.807) is 12.5 Å². The van der Waals surface area contributed by atoms with Crippen LogP contribution in [0.3, 0.4) is 0 Å². The molecule has 1 N–H and O–H groups in total. The molecular formula is C12H20N2O. The first kappa shape index (κ1) is 12.0. The largest absolute Gasteiger partial charge is 0.387 e. The average Bonchev–Trinajstić information content (AvgIpc) is 2.64. The average molecular weight is 208 g/mol. The number of aliphatic hydroxyl groups excluding tert-OH is 1. The second-order valence-corrected chi connectivity index (χ2v) is 3.87. The van der Waals surface area contributed by atoms with E-state index in [2.05, 4.69) is 11.6 Å². The quantitative estimate of drug-likeness (QED) is 0.552. The van der Waals surface area contributed by atoms with Crippen molar-refractivity contribution in [1.82, 2.24) is 9.55 Å². The second-order valence-electron chi connectivity index (χ2n) is 3.87. The predicted octanol–water partition coefficient (Wildman–Crippen LogP) is 2.59. The maximum atomic E-state index is 9.87. The Morgan fingerprint density at radius 2 is 2.33 bits per heavy atom. The van der Waals surface area contributed by atoms with Crippen molar-refractivity contribution in [3.8, 4) is 0 Å². The van der Waals surface area contributed by atoms with Crippen LogP contribution >= 0.6 is 0 Å². The summed E-state index contributed by atoms with van der Waals surface area (Å²) in [4.78, 5) is 3.99. The highest BCUT2D eigenvalue weighted by molar-refractivity contribution is 5.01. The Labute approximate surface area is 91.5 Å². The molecular weight excluding hydrogens is 188 g/mol. The molecule has 0 aliphatic rings. The van der Waals surface area contributed by atoms with Gasteiger partial charge in [0, 0.05) is 7.05 Å². The van der Waals surface area contributed by atoms with Gasteiger partial charge in [-0.1, -0.05) is 18.9 Å². The van der Waals surface area contributed by atoms with Crippen molar-refractivity contribution in [2.45, 2.75) is 38.2 Å². The molecule has 0 amide bonds. The third kappa shape index (κ3) is 3.88. The van der Waals surface area contributed by atoms with Crippen LogP contribution in [0.15, 0.2) is 25.2 Å². The Kier molecular flexibility index (Phi) is 5.12. The molecule has 1 atom stereocenters. The molecule has 0 saturated carbocycles. The number of aliphatic hydroxyl groups is 1. The maximum Gasteiger partial charge on any atom is 0.0955 e. The summed E-state index contributed by atoms with van der Waals surface area (Å²) in [5.74, 6) is 0. The zero-order valence-corrected chi connectivity index (χ0v) is 9.39. The van der Waals surface area contributed by atoms with Gasteiger partial charge in [0.05, 0.1) is 24.3 Å². The molecule has 1 aromatic heterocycles. The minimum Gasteiger partial charge on any atom is -0.387 e. The zero-order chi connectivity index (χ0) is 11.1. The van der Waals surface area contributed by atoms with Crippen LogP contribution in [0, 0.1) is 0 Å². The highest BCUT2D eigenvalue weighted by atomic mass is 16.3. The van der Waals surface area contributed by atoms with E-state index in [1.807, 2.05) is 17.7 Å². The maximum absolute atomic E-state index is 9.87. The highest BCUT2D eigenvalue weighted by Gasteiger charge is 2.10. The van der Waals surface area contributed by atoms with Gasteiger partial charge < -0.3 is 9.67 Å². The van der Waals surface area contributed by atoms with Crippen molar-refractivity contribution in [2.75, 3.05) is 0 Å². The van der Waals surface area contributed by atoms with Gasteiger partial charge in [-0.25, -0.2) is 4.98 Å². The van der Waals surface area contributed by atoms with E-state index in [-0.39, 0.29) is 6.10 Å². The first-order valence-corrected chi connectivity index (χ1v) is 5.51. The van der Waals surface area contributed by atoms with Gasteiger partial charge in [-0.3, -0.25) is 0 Å². The molecule has 0 spiro atoms. The lowest BCUT2D eigenvalue weighted by Gasteiger charge is -2.10. The van der Waals surface area contributed by atoms with E-state index in [4.69, 9.17) is 0 Å². The minimum absolute atomic E-state index is 0.374. The van der Waals surface area contributed by atoms with Gasteiger partial charge in [0.15, 0.2) is 0 Å². The number of imidazole rings is 1. The minimum atomic E-state index is -0.374. The zero-order valence-electron chi connectivity index (χ0n) is 9.39. The number of hydrogen-bond acceptors (Lipinski definition) is 2. The molecule has 3 nitrogen and oxygen atoms in total. The van der Waals surface area contributed by atoms with Gasteiger partial charge in [-0.05, 0) is 19.3 Å². The van der Waals surface area contributed by atoms with Gasteiger partial charge in [-0.15, -0.1) is 6.58 Å². The summed E-state index contributed by atoms with van der Waals surface area (Å²) < 4.78 is 1.87. The van der Waals surface area contributed by atoms with Gasteiger partial charge in [0.1, 0.15) is 0 Å². The van der Waals surface area contributed by atoms with Crippen LogP contribution in [0.25, 0.3) is 0 Å². The highest BCUT2D eigenvalue weighted by Crippen LogP contribution is 2.18. The topological polar surface area (TPSA) is 38.1 Å². The number of nitrogens with zero attached hydrogens (tertiary/aromatic N) is 2. The number of aryl methyl sites for hydroxylation is 1. The molecule has 1 aromatic rings. The molecule has 0 aliphatic heterocycles. The monoisotopic (exact) mass is 208 g/mol. The molecule has 0 bridgehead atoms. The molecule has 3 heteroatoms. The van der Waals surface area contributed by atoms with Crippen molar-refractivity contribution < 1.29 is 5.11 Å². The summed E-state index contributed by atoms with van der Waals surface area (Å²) in [6, 6.07) is 0. The number of hydrogen-bond donors (Lipinski definition) is 1. The van der Waals surface area contributed by atoms with Crippen LogP contribution in [0.5, 0.6) is 0 Å². The van der Waals surface area contributed by atoms with E-state index in [0.717, 1.165) is 31.4 Å². The molecule has 0 aliphatic carbocycles. The molecule has 0 radical (unpaired) electrons. The molecule has 15 heavy (non-hydrogen) atoms. The van der Waals surface area contributed by atoms with E-state index in [9.17, 15) is 5.11 Å². The lowest BCUT2D eigenvalue weighted by atomic mass is 10.1. The lowest BCUT2D eigenvalue weighted by molar-refractivity contribution is 0.155. The van der Waals surface area contributed by atoms with Gasteiger partial charge >= 0.3 is 0 Å². The summed E-state index contributed by atoms with van der Waals surface area (Å²) in [6.45, 7) is 3.68. The Hall–Kier alpha value is -1.09. The molecule has 1 unspecified atom stereocenters. The summed E-state index contributed by atoms with van der Waals surface area (Å²) in [6.07, 6.45) is 10.3. The van der Waals surface area contributed by atoms with Crippen molar-refractivity contribution in [2.24, 2.45) is 7.05 Å². The van der Waals surface area contributed by atoms with E-state index in [1.165, 1.54) is 6.42 Å². The number of unbranched alkanes of at least 4 members (excludes halogenated alkanes) is 3. The smallest absolute Gasteiger partial charge is 0.0955 e. The second kappa shape index (κ2) is 6.40. The first-order chi connectivity index (χ1) is 7.25. The summed E-state index contributed by atoms with van der Waals surface area (Å²) in [7, 11) is 1.91. The van der Waals surface area contributed by atoms with Gasteiger partial charge in [-0.2, -0.15) is 0 Å². The van der Waals surface area contributed by atoms with Crippen molar-refractivity contribution in [3.63, 3.8) is 0 Å². The van der Waals surface area contributed by atoms with Crippen molar-refractivity contribution in [3.05, 3.63) is 30.9 Å². The summed E-state index contributed by atoms with van der Waals surface area (Å²) in [5.41, 5.74) is 0.902. The number of rotatable bonds is 7. The number of aromatic nitrogens is 2. The molecule has 1 rings (SSSR count). The summed E-state index contributed by atoms with van der Waals surface area (Å²) in [5, 5.41) is 9.87. The van der Waals surface area contributed by atoms with Crippen LogP contribution in [0.1, 0.15) is 43.9 Å². The van der Waals surface area contributed by atoms with Crippen LogP contribution in [0.2, 0.25) is 0 Å². The Morgan fingerprint density at radius 3 is 2.93 bits per heavy atom. The van der Waals surface area contributed by atoms with E-state index < -0.39 is 0 Å². The van der Waals surface area contributed by atoms with Gasteiger partial charge in [0.25, 0.3) is 0 Å². The third-order valence-corrected chi connectivity index (χ3v) is 2.58. The fourth-order valence-electron chi connectivity index (χ4n) is 1.64. The Balaban J connectivity index is 2.22. The standard InChI is InChI=1S/C12H20N2O/c1-3-4-5-6-7-8-12(15)11-9-13-10-14(11)2/h3,9-10,12,15H,1,4-8H2,2H3. The molecule has 1 heterocycles.